The summed E-state index contributed by atoms with van der Waals surface area (Å²) < 4.78 is 36.3. The fraction of sp³-hybridized carbons (Fsp3) is 0.611. The van der Waals surface area contributed by atoms with Crippen molar-refractivity contribution >= 4 is 15.9 Å². The largest absolute Gasteiger partial charge is 0.454 e. The zero-order valence-electron chi connectivity index (χ0n) is 15.1. The summed E-state index contributed by atoms with van der Waals surface area (Å²) in [5.74, 6) is 1.06. The lowest BCUT2D eigenvalue weighted by Gasteiger charge is -2.28. The van der Waals surface area contributed by atoms with Crippen LogP contribution in [0.15, 0.2) is 18.2 Å². The molecule has 144 valence electrons. The minimum atomic E-state index is -3.43. The number of ether oxygens (including phenoxy) is 2. The molecule has 0 spiro atoms. The van der Waals surface area contributed by atoms with Gasteiger partial charge in [-0.05, 0) is 30.5 Å². The summed E-state index contributed by atoms with van der Waals surface area (Å²) in [6.45, 7) is 0.391. The molecule has 1 aromatic rings. The van der Waals surface area contributed by atoms with Crippen LogP contribution in [0.2, 0.25) is 0 Å². The second kappa shape index (κ2) is 8.26. The van der Waals surface area contributed by atoms with Crippen LogP contribution >= 0.6 is 0 Å². The number of nitrogens with zero attached hydrogens (tertiary/aromatic N) is 1. The number of benzene rings is 1. The minimum absolute atomic E-state index is 0.0798. The molecular formula is C18H26N2O5S. The Bertz CT molecular complexity index is 742. The van der Waals surface area contributed by atoms with Crippen LogP contribution in [0.5, 0.6) is 11.5 Å². The summed E-state index contributed by atoms with van der Waals surface area (Å²) in [5, 5.41) is 2.81. The van der Waals surface area contributed by atoms with Gasteiger partial charge in [0.1, 0.15) is 0 Å². The van der Waals surface area contributed by atoms with Crippen molar-refractivity contribution in [2.24, 2.45) is 0 Å². The number of nitrogens with one attached hydrogen (secondary N) is 1. The van der Waals surface area contributed by atoms with E-state index in [1.54, 1.807) is 6.07 Å². The SMILES string of the molecule is CS(=O)(=O)N(CC(=O)NCc1ccc2c(c1)OCO2)C1CCCCCC1. The average molecular weight is 382 g/mol. The van der Waals surface area contributed by atoms with Crippen molar-refractivity contribution in [1.82, 2.24) is 9.62 Å². The maximum atomic E-state index is 12.4. The Kier molecular flexibility index (Phi) is 6.03. The molecule has 2 aliphatic rings. The van der Waals surface area contributed by atoms with Crippen molar-refractivity contribution in [2.75, 3.05) is 19.6 Å². The average Bonchev–Trinajstić information content (AvgIpc) is 2.90. The molecule has 0 aromatic heterocycles. The molecule has 26 heavy (non-hydrogen) atoms. The van der Waals surface area contributed by atoms with Gasteiger partial charge in [0.25, 0.3) is 0 Å². The fourth-order valence-electron chi connectivity index (χ4n) is 3.51. The fourth-order valence-corrected chi connectivity index (χ4v) is 4.62. The van der Waals surface area contributed by atoms with Gasteiger partial charge >= 0.3 is 0 Å². The zero-order chi connectivity index (χ0) is 18.6. The standard InChI is InChI=1S/C18H26N2O5S/c1-26(22,23)20(15-6-4-2-3-5-7-15)12-18(21)19-11-14-8-9-16-17(10-14)25-13-24-16/h8-10,15H,2-7,11-13H2,1H3,(H,19,21). The van der Waals surface area contributed by atoms with Gasteiger partial charge < -0.3 is 14.8 Å². The Morgan fingerprint density at radius 1 is 1.15 bits per heavy atom. The highest BCUT2D eigenvalue weighted by Gasteiger charge is 2.29. The van der Waals surface area contributed by atoms with E-state index >= 15 is 0 Å². The first-order valence-electron chi connectivity index (χ1n) is 9.05. The lowest BCUT2D eigenvalue weighted by molar-refractivity contribution is -0.121. The van der Waals surface area contributed by atoms with E-state index in [9.17, 15) is 13.2 Å². The molecule has 1 fully saturated rings. The highest BCUT2D eigenvalue weighted by atomic mass is 32.2. The van der Waals surface area contributed by atoms with Crippen LogP contribution in [-0.4, -0.2) is 44.3 Å². The van der Waals surface area contributed by atoms with Gasteiger partial charge in [-0.15, -0.1) is 0 Å². The first-order valence-corrected chi connectivity index (χ1v) is 10.9. The third-order valence-corrected chi connectivity index (χ3v) is 6.16. The molecule has 1 amide bonds. The summed E-state index contributed by atoms with van der Waals surface area (Å²) in [4.78, 5) is 12.4. The van der Waals surface area contributed by atoms with Gasteiger partial charge in [0.15, 0.2) is 11.5 Å². The van der Waals surface area contributed by atoms with Crippen LogP contribution in [0.1, 0.15) is 44.1 Å². The summed E-state index contributed by atoms with van der Waals surface area (Å²) in [6.07, 6.45) is 7.11. The summed E-state index contributed by atoms with van der Waals surface area (Å²) in [7, 11) is -3.43. The molecule has 1 N–H and O–H groups in total. The number of fused-ring (bicyclic) bond motifs is 1. The third kappa shape index (κ3) is 4.88. The monoisotopic (exact) mass is 382 g/mol. The number of amides is 1. The van der Waals surface area contributed by atoms with E-state index in [0.717, 1.165) is 44.1 Å². The van der Waals surface area contributed by atoms with Crippen LogP contribution in [0.3, 0.4) is 0 Å². The van der Waals surface area contributed by atoms with Gasteiger partial charge in [-0.25, -0.2) is 8.42 Å². The Morgan fingerprint density at radius 2 is 1.85 bits per heavy atom. The molecule has 7 nitrogen and oxygen atoms in total. The molecule has 1 aliphatic carbocycles. The van der Waals surface area contributed by atoms with Gasteiger partial charge in [0, 0.05) is 12.6 Å². The number of carbonyl (C=O) groups is 1. The summed E-state index contributed by atoms with van der Waals surface area (Å²) >= 11 is 0. The molecular weight excluding hydrogens is 356 g/mol. The quantitative estimate of drug-likeness (QED) is 0.761. The summed E-state index contributed by atoms with van der Waals surface area (Å²) in [6, 6.07) is 5.40. The first kappa shape index (κ1) is 19.0. The van der Waals surface area contributed by atoms with E-state index < -0.39 is 10.0 Å². The van der Waals surface area contributed by atoms with Crippen molar-refractivity contribution in [3.05, 3.63) is 23.8 Å². The number of sulfonamides is 1. The second-order valence-corrected chi connectivity index (χ2v) is 8.85. The Morgan fingerprint density at radius 3 is 2.54 bits per heavy atom. The van der Waals surface area contributed by atoms with Crippen molar-refractivity contribution in [3.8, 4) is 11.5 Å². The van der Waals surface area contributed by atoms with E-state index in [-0.39, 0.29) is 25.3 Å². The normalized spacial score (nSPS) is 17.9. The molecule has 1 aromatic carbocycles. The number of rotatable bonds is 6. The molecule has 0 radical (unpaired) electrons. The molecule has 0 unspecified atom stereocenters. The van der Waals surface area contributed by atoms with Gasteiger partial charge in [0.2, 0.25) is 22.7 Å². The zero-order valence-corrected chi connectivity index (χ0v) is 15.9. The Balaban J connectivity index is 1.59. The molecule has 1 saturated carbocycles. The van der Waals surface area contributed by atoms with Crippen molar-refractivity contribution < 1.29 is 22.7 Å². The van der Waals surface area contributed by atoms with Crippen LogP contribution in [-0.2, 0) is 21.4 Å². The van der Waals surface area contributed by atoms with E-state index in [2.05, 4.69) is 5.32 Å². The topological polar surface area (TPSA) is 84.9 Å². The highest BCUT2D eigenvalue weighted by Crippen LogP contribution is 2.32. The number of hydrogen-bond donors (Lipinski definition) is 1. The maximum absolute atomic E-state index is 12.4. The molecule has 0 atom stereocenters. The van der Waals surface area contributed by atoms with Crippen molar-refractivity contribution in [3.63, 3.8) is 0 Å². The lowest BCUT2D eigenvalue weighted by atomic mass is 10.1. The Labute approximate surface area is 154 Å². The van der Waals surface area contributed by atoms with Crippen molar-refractivity contribution in [1.29, 1.82) is 0 Å². The van der Waals surface area contributed by atoms with Gasteiger partial charge in [-0.2, -0.15) is 4.31 Å². The van der Waals surface area contributed by atoms with Crippen LogP contribution < -0.4 is 14.8 Å². The van der Waals surface area contributed by atoms with E-state index in [1.807, 2.05) is 12.1 Å². The predicted molar refractivity (Wildman–Crippen MR) is 97.5 cm³/mol. The molecule has 0 saturated heterocycles. The maximum Gasteiger partial charge on any atom is 0.235 e. The van der Waals surface area contributed by atoms with Gasteiger partial charge in [0.05, 0.1) is 12.8 Å². The van der Waals surface area contributed by atoms with E-state index in [1.165, 1.54) is 10.6 Å². The third-order valence-electron chi connectivity index (χ3n) is 4.88. The number of hydrogen-bond acceptors (Lipinski definition) is 5. The molecule has 1 aliphatic heterocycles. The molecule has 0 bridgehead atoms. The van der Waals surface area contributed by atoms with E-state index in [4.69, 9.17) is 9.47 Å². The van der Waals surface area contributed by atoms with Crippen molar-refractivity contribution in [2.45, 2.75) is 51.1 Å². The number of carbonyl (C=O) groups excluding carboxylic acids is 1. The van der Waals surface area contributed by atoms with Gasteiger partial charge in [-0.3, -0.25) is 4.79 Å². The van der Waals surface area contributed by atoms with Crippen LogP contribution in [0.4, 0.5) is 0 Å². The van der Waals surface area contributed by atoms with Crippen LogP contribution in [0.25, 0.3) is 0 Å². The first-order chi connectivity index (χ1) is 12.4. The molecule has 8 heteroatoms. The molecule has 3 rings (SSSR count). The minimum Gasteiger partial charge on any atom is -0.454 e. The lowest BCUT2D eigenvalue weighted by Crippen LogP contribution is -2.45. The van der Waals surface area contributed by atoms with Crippen LogP contribution in [0, 0.1) is 0 Å². The smallest absolute Gasteiger partial charge is 0.235 e. The second-order valence-electron chi connectivity index (χ2n) is 6.92. The molecule has 1 heterocycles. The Hall–Kier alpha value is -1.80. The predicted octanol–water partition coefficient (Wildman–Crippen LogP) is 2.02. The highest BCUT2D eigenvalue weighted by molar-refractivity contribution is 7.88. The van der Waals surface area contributed by atoms with E-state index in [0.29, 0.717) is 18.0 Å². The van der Waals surface area contributed by atoms with Gasteiger partial charge in [-0.1, -0.05) is 31.7 Å². The summed E-state index contributed by atoms with van der Waals surface area (Å²) in [5.41, 5.74) is 0.878.